The molecule has 1 aromatic carbocycles. The van der Waals surface area contributed by atoms with E-state index >= 15 is 0 Å². The summed E-state index contributed by atoms with van der Waals surface area (Å²) in [5.74, 6) is -0.0494. The van der Waals surface area contributed by atoms with Gasteiger partial charge in [0.2, 0.25) is 5.91 Å². The Balaban J connectivity index is 1.83. The van der Waals surface area contributed by atoms with Gasteiger partial charge >= 0.3 is 0 Å². The molecule has 3 aromatic rings. The van der Waals surface area contributed by atoms with Crippen LogP contribution in [0.15, 0.2) is 24.3 Å². The quantitative estimate of drug-likeness (QED) is 0.626. The first-order valence-electron chi connectivity index (χ1n) is 8.80. The number of benzene rings is 1. The van der Waals surface area contributed by atoms with Gasteiger partial charge in [-0.2, -0.15) is 0 Å². The van der Waals surface area contributed by atoms with E-state index < -0.39 is 0 Å². The van der Waals surface area contributed by atoms with Crippen molar-refractivity contribution >= 4 is 28.7 Å². The number of aromatic nitrogens is 2. The number of para-hydroxylation sites is 1. The third-order valence-electron chi connectivity index (χ3n) is 4.60. The first-order valence-corrected chi connectivity index (χ1v) is 9.61. The van der Waals surface area contributed by atoms with Gasteiger partial charge in [-0.3, -0.25) is 9.59 Å². The van der Waals surface area contributed by atoms with Crippen molar-refractivity contribution in [3.63, 3.8) is 0 Å². The molecule has 1 amide bonds. The average molecular weight is 382 g/mol. The molecule has 2 N–H and O–H groups in total. The highest BCUT2D eigenvalue weighted by Crippen LogP contribution is 2.32. The molecule has 0 spiro atoms. The lowest BCUT2D eigenvalue weighted by atomic mass is 10.1. The van der Waals surface area contributed by atoms with Crippen LogP contribution in [0.3, 0.4) is 0 Å². The lowest BCUT2D eigenvalue weighted by molar-refractivity contribution is -0.115. The number of anilines is 1. The lowest BCUT2D eigenvalue weighted by Crippen LogP contribution is -2.14. The van der Waals surface area contributed by atoms with Crippen molar-refractivity contribution in [1.29, 1.82) is 0 Å². The fourth-order valence-electron chi connectivity index (χ4n) is 3.32. The van der Waals surface area contributed by atoms with Gasteiger partial charge in [0.25, 0.3) is 0 Å². The van der Waals surface area contributed by atoms with Crippen molar-refractivity contribution in [3.8, 4) is 11.4 Å². The molecule has 0 bridgehead atoms. The largest absolute Gasteiger partial charge is 0.356 e. The van der Waals surface area contributed by atoms with E-state index in [-0.39, 0.29) is 18.1 Å². The molecule has 0 aliphatic carbocycles. The van der Waals surface area contributed by atoms with Crippen LogP contribution in [0.5, 0.6) is 0 Å². The van der Waals surface area contributed by atoms with Gasteiger partial charge in [0, 0.05) is 21.8 Å². The number of hydrogen-bond donors (Lipinski definition) is 2. The smallest absolute Gasteiger partial charge is 0.231 e. The van der Waals surface area contributed by atoms with E-state index in [4.69, 9.17) is 0 Å². The molecule has 0 radical (unpaired) electrons. The van der Waals surface area contributed by atoms with Crippen molar-refractivity contribution in [2.75, 3.05) is 5.32 Å². The van der Waals surface area contributed by atoms with Crippen LogP contribution in [0.25, 0.3) is 11.4 Å². The number of H-pyrrole nitrogens is 1. The molecule has 0 atom stereocenters. The van der Waals surface area contributed by atoms with Gasteiger partial charge in [-0.05, 0) is 51.8 Å². The molecular weight excluding hydrogens is 358 g/mol. The number of nitrogens with one attached hydrogen (secondary N) is 2. The number of amides is 1. The average Bonchev–Trinajstić information content (AvgIpc) is 3.08. The van der Waals surface area contributed by atoms with Gasteiger partial charge in [-0.25, -0.2) is 4.98 Å². The van der Waals surface area contributed by atoms with Gasteiger partial charge in [0.1, 0.15) is 10.7 Å². The molecule has 2 aromatic heterocycles. The number of nitrogens with zero attached hydrogens (tertiary/aromatic N) is 1. The minimum absolute atomic E-state index is 0.0400. The minimum atomic E-state index is -0.0894. The van der Waals surface area contributed by atoms with Gasteiger partial charge in [-0.15, -0.1) is 11.3 Å². The number of Topliss-reactive ketones (excluding diaryl/α,β-unsaturated/α-hetero) is 1. The molecule has 0 aliphatic rings. The van der Waals surface area contributed by atoms with E-state index in [0.717, 1.165) is 49.3 Å². The second-order valence-electron chi connectivity index (χ2n) is 6.73. The summed E-state index contributed by atoms with van der Waals surface area (Å²) in [7, 11) is 0. The SMILES string of the molecule is CC(=O)c1c(C)[nH]c(-c2nc(CC(=O)Nc3ccccc3C)sc2C)c1C. The van der Waals surface area contributed by atoms with Gasteiger partial charge in [-0.1, -0.05) is 18.2 Å². The molecule has 27 heavy (non-hydrogen) atoms. The minimum Gasteiger partial charge on any atom is -0.356 e. The van der Waals surface area contributed by atoms with Crippen molar-refractivity contribution < 1.29 is 9.59 Å². The Kier molecular flexibility index (Phi) is 5.28. The Morgan fingerprint density at radius 2 is 1.85 bits per heavy atom. The molecule has 0 saturated heterocycles. The maximum absolute atomic E-state index is 12.4. The van der Waals surface area contributed by atoms with E-state index in [0.29, 0.717) is 0 Å². The highest BCUT2D eigenvalue weighted by atomic mass is 32.1. The molecule has 2 heterocycles. The number of thiazole rings is 1. The Bertz CT molecular complexity index is 1030. The third kappa shape index (κ3) is 3.85. The molecule has 140 valence electrons. The number of aromatic amines is 1. The second-order valence-corrected chi connectivity index (χ2v) is 8.02. The summed E-state index contributed by atoms with van der Waals surface area (Å²) in [4.78, 5) is 33.3. The third-order valence-corrected chi connectivity index (χ3v) is 5.57. The summed E-state index contributed by atoms with van der Waals surface area (Å²) in [6, 6.07) is 7.69. The van der Waals surface area contributed by atoms with Gasteiger partial charge in [0.05, 0.1) is 12.1 Å². The van der Waals surface area contributed by atoms with Crippen molar-refractivity contribution in [3.05, 3.63) is 56.5 Å². The summed E-state index contributed by atoms with van der Waals surface area (Å²) in [6.07, 6.45) is 0.220. The summed E-state index contributed by atoms with van der Waals surface area (Å²) < 4.78 is 0. The number of carbonyl (C=O) groups is 2. The highest BCUT2D eigenvalue weighted by molar-refractivity contribution is 7.12. The molecular formula is C21H23N3O2S. The number of carbonyl (C=O) groups excluding carboxylic acids is 2. The molecule has 0 aliphatic heterocycles. The van der Waals surface area contributed by atoms with Crippen molar-refractivity contribution in [2.24, 2.45) is 0 Å². The highest BCUT2D eigenvalue weighted by Gasteiger charge is 2.20. The predicted octanol–water partition coefficient (Wildman–Crippen LogP) is 4.76. The molecule has 5 nitrogen and oxygen atoms in total. The Hall–Kier alpha value is -2.73. The van der Waals surface area contributed by atoms with Crippen LogP contribution < -0.4 is 5.32 Å². The molecule has 0 saturated carbocycles. The Morgan fingerprint density at radius 1 is 1.15 bits per heavy atom. The normalized spacial score (nSPS) is 10.9. The molecule has 6 heteroatoms. The van der Waals surface area contributed by atoms with Crippen LogP contribution in [-0.2, 0) is 11.2 Å². The van der Waals surface area contributed by atoms with Gasteiger partial charge < -0.3 is 10.3 Å². The summed E-state index contributed by atoms with van der Waals surface area (Å²) in [5, 5.41) is 3.70. The van der Waals surface area contributed by atoms with Gasteiger partial charge in [0.15, 0.2) is 5.78 Å². The van der Waals surface area contributed by atoms with Crippen LogP contribution >= 0.6 is 11.3 Å². The monoisotopic (exact) mass is 381 g/mol. The first kappa shape index (κ1) is 19.0. The summed E-state index contributed by atoms with van der Waals surface area (Å²) in [6.45, 7) is 9.34. The fourth-order valence-corrected chi connectivity index (χ4v) is 4.26. The number of rotatable bonds is 5. The Labute approximate surface area is 162 Å². The van der Waals surface area contributed by atoms with Crippen molar-refractivity contribution in [2.45, 2.75) is 41.0 Å². The van der Waals surface area contributed by atoms with E-state index in [9.17, 15) is 9.59 Å². The van der Waals surface area contributed by atoms with Crippen LogP contribution in [0.1, 0.15) is 44.0 Å². The standard InChI is InChI=1S/C21H23N3O2S/c1-11-8-6-7-9-16(11)23-17(26)10-18-24-21(15(5)27-18)20-12(2)19(14(4)25)13(3)22-20/h6-9,22H,10H2,1-5H3,(H,23,26). The lowest BCUT2D eigenvalue weighted by Gasteiger charge is -2.06. The summed E-state index contributed by atoms with van der Waals surface area (Å²) in [5.41, 5.74) is 5.99. The molecule has 3 rings (SSSR count). The molecule has 0 fully saturated rings. The van der Waals surface area contributed by atoms with E-state index in [1.54, 1.807) is 6.92 Å². The fraction of sp³-hybridized carbons (Fsp3) is 0.286. The summed E-state index contributed by atoms with van der Waals surface area (Å²) >= 11 is 1.51. The number of ketones is 1. The zero-order chi connectivity index (χ0) is 19.7. The van der Waals surface area contributed by atoms with Crippen LogP contribution in [0, 0.1) is 27.7 Å². The maximum atomic E-state index is 12.4. The first-order chi connectivity index (χ1) is 12.8. The van der Waals surface area contributed by atoms with Crippen molar-refractivity contribution in [1.82, 2.24) is 9.97 Å². The van der Waals surface area contributed by atoms with Crippen LogP contribution in [0.2, 0.25) is 0 Å². The number of hydrogen-bond acceptors (Lipinski definition) is 4. The van der Waals surface area contributed by atoms with Crippen LogP contribution in [0.4, 0.5) is 5.69 Å². The topological polar surface area (TPSA) is 74.8 Å². The zero-order valence-electron chi connectivity index (χ0n) is 16.2. The zero-order valence-corrected chi connectivity index (χ0v) is 17.0. The van der Waals surface area contributed by atoms with Crippen LogP contribution in [-0.4, -0.2) is 21.7 Å². The second kappa shape index (κ2) is 7.48. The van der Waals surface area contributed by atoms with E-state index in [1.165, 1.54) is 11.3 Å². The maximum Gasteiger partial charge on any atom is 0.231 e. The number of aryl methyl sites for hydroxylation is 3. The molecule has 0 unspecified atom stereocenters. The predicted molar refractivity (Wildman–Crippen MR) is 110 cm³/mol. The Morgan fingerprint density at radius 3 is 2.48 bits per heavy atom. The van der Waals surface area contributed by atoms with E-state index in [1.807, 2.05) is 52.0 Å². The van der Waals surface area contributed by atoms with E-state index in [2.05, 4.69) is 15.3 Å².